The average molecular weight is 527 g/mol. The Morgan fingerprint density at radius 3 is 2.19 bits per heavy atom. The summed E-state index contributed by atoms with van der Waals surface area (Å²) in [6, 6.07) is 0. The van der Waals surface area contributed by atoms with Crippen molar-refractivity contribution in [2.75, 3.05) is 21.3 Å². The number of carbonyl (C=O) groups excluding carboxylic acids is 3. The van der Waals surface area contributed by atoms with E-state index in [1.54, 1.807) is 14.2 Å². The van der Waals surface area contributed by atoms with Crippen molar-refractivity contribution in [3.05, 3.63) is 0 Å². The van der Waals surface area contributed by atoms with Gasteiger partial charge in [-0.3, -0.25) is 14.4 Å². The number of Topliss-reactive ketones (excluding diaryl/α,β-unsaturated/α-hetero) is 2. The van der Waals surface area contributed by atoms with E-state index >= 15 is 0 Å². The highest BCUT2D eigenvalue weighted by Crippen LogP contribution is 2.61. The molecule has 36 heavy (non-hydrogen) atoms. The first-order valence-electron chi connectivity index (χ1n) is 13.4. The fraction of sp³-hybridized carbons (Fsp3) is 0.893. The first-order valence-corrected chi connectivity index (χ1v) is 16.4. The fourth-order valence-electron chi connectivity index (χ4n) is 6.37. The Hall–Kier alpha value is -1.09. The van der Waals surface area contributed by atoms with E-state index in [-0.39, 0.29) is 39.8 Å². The summed E-state index contributed by atoms with van der Waals surface area (Å²) in [6.07, 6.45) is 3.64. The van der Waals surface area contributed by atoms with Crippen LogP contribution < -0.4 is 0 Å². The highest BCUT2D eigenvalue weighted by atomic mass is 28.4. The standard InChI is InChI=1S/C28H50O7Si/c1-26(2,3)36(9,10)35-21-18-22-27(4,16-11-17-28(22,5)25(31)34-8)20(24(21)30)14-12-19(29)13-15-23(32-6)33-7/h20-23H,11-18H2,1-10H3/t20-,21+,22+,27+,28-/m0/s1. The molecule has 2 aliphatic carbocycles. The van der Waals surface area contributed by atoms with Crippen molar-refractivity contribution < 1.29 is 33.0 Å². The van der Waals surface area contributed by atoms with Crippen LogP contribution >= 0.6 is 0 Å². The summed E-state index contributed by atoms with van der Waals surface area (Å²) in [5.74, 6) is -0.392. The lowest BCUT2D eigenvalue weighted by atomic mass is 9.46. The minimum atomic E-state index is -2.24. The summed E-state index contributed by atoms with van der Waals surface area (Å²) in [6.45, 7) is 15.0. The minimum absolute atomic E-state index is 0.0447. The van der Waals surface area contributed by atoms with E-state index in [1.165, 1.54) is 7.11 Å². The Morgan fingerprint density at radius 1 is 1.06 bits per heavy atom. The predicted molar refractivity (Wildman–Crippen MR) is 142 cm³/mol. The Labute approximate surface area is 219 Å². The number of hydrogen-bond donors (Lipinski definition) is 0. The van der Waals surface area contributed by atoms with E-state index in [0.29, 0.717) is 32.1 Å². The number of carbonyl (C=O) groups is 3. The SMILES string of the molecule is COC(=O)[C@@]1(C)CCC[C@@]2(C)[C@H]1C[C@@H](O[Si](C)(C)C(C)(C)C)C(=O)[C@@H]2CCC(=O)CCC(OC)OC. The van der Waals surface area contributed by atoms with Crippen LogP contribution in [-0.2, 0) is 33.0 Å². The Bertz CT molecular complexity index is 800. The maximum atomic E-state index is 14.0. The molecule has 0 amide bonds. The number of fused-ring (bicyclic) bond motifs is 1. The van der Waals surface area contributed by atoms with E-state index in [4.69, 9.17) is 18.6 Å². The van der Waals surface area contributed by atoms with Crippen molar-refractivity contribution in [3.63, 3.8) is 0 Å². The molecule has 2 fully saturated rings. The molecule has 0 unspecified atom stereocenters. The first-order chi connectivity index (χ1) is 16.6. The van der Waals surface area contributed by atoms with Crippen LogP contribution in [0.25, 0.3) is 0 Å². The molecule has 5 atom stereocenters. The van der Waals surface area contributed by atoms with Crippen LogP contribution in [0.4, 0.5) is 0 Å². The van der Waals surface area contributed by atoms with Crippen LogP contribution in [-0.4, -0.2) is 59.6 Å². The second-order valence-corrected chi connectivity index (χ2v) is 17.7. The zero-order chi connectivity index (χ0) is 27.5. The van der Waals surface area contributed by atoms with E-state index in [9.17, 15) is 14.4 Å². The van der Waals surface area contributed by atoms with Gasteiger partial charge in [-0.15, -0.1) is 0 Å². The summed E-state index contributed by atoms with van der Waals surface area (Å²) in [5.41, 5.74) is -1.06. The molecule has 2 rings (SSSR count). The van der Waals surface area contributed by atoms with Gasteiger partial charge in [-0.05, 0) is 62.1 Å². The van der Waals surface area contributed by atoms with E-state index in [1.807, 2.05) is 6.92 Å². The van der Waals surface area contributed by atoms with E-state index in [0.717, 1.165) is 19.3 Å². The summed E-state index contributed by atoms with van der Waals surface area (Å²) in [4.78, 5) is 39.9. The largest absolute Gasteiger partial charge is 0.469 e. The molecular weight excluding hydrogens is 476 g/mol. The lowest BCUT2D eigenvalue weighted by Gasteiger charge is -2.58. The Morgan fingerprint density at radius 2 is 1.67 bits per heavy atom. The summed E-state index contributed by atoms with van der Waals surface area (Å²) >= 11 is 0. The van der Waals surface area contributed by atoms with Crippen molar-refractivity contribution in [3.8, 4) is 0 Å². The molecule has 2 saturated carbocycles. The topological polar surface area (TPSA) is 88.1 Å². The van der Waals surface area contributed by atoms with Crippen molar-refractivity contribution in [1.29, 1.82) is 0 Å². The average Bonchev–Trinajstić information content (AvgIpc) is 2.79. The molecule has 208 valence electrons. The molecule has 0 aromatic carbocycles. The lowest BCUT2D eigenvalue weighted by Crippen LogP contribution is -2.61. The van der Waals surface area contributed by atoms with Gasteiger partial charge in [0.15, 0.2) is 20.4 Å². The smallest absolute Gasteiger partial charge is 0.311 e. The fourth-order valence-corrected chi connectivity index (χ4v) is 7.65. The van der Waals surface area contributed by atoms with Gasteiger partial charge in [0.05, 0.1) is 12.5 Å². The molecule has 0 bridgehead atoms. The molecule has 2 aliphatic rings. The van der Waals surface area contributed by atoms with Crippen LogP contribution in [0.1, 0.15) is 86.0 Å². The summed E-state index contributed by atoms with van der Waals surface area (Å²) < 4.78 is 22.4. The predicted octanol–water partition coefficient (Wildman–Crippen LogP) is 5.70. The highest BCUT2D eigenvalue weighted by molar-refractivity contribution is 6.74. The van der Waals surface area contributed by atoms with Gasteiger partial charge in [-0.2, -0.15) is 0 Å². The molecule has 0 aliphatic heterocycles. The van der Waals surface area contributed by atoms with E-state index in [2.05, 4.69) is 40.8 Å². The summed E-state index contributed by atoms with van der Waals surface area (Å²) in [5, 5.41) is -0.0447. The molecule has 7 nitrogen and oxygen atoms in total. The Balaban J connectivity index is 2.36. The van der Waals surface area contributed by atoms with Gasteiger partial charge in [-0.1, -0.05) is 34.1 Å². The number of ether oxygens (including phenoxy) is 3. The van der Waals surface area contributed by atoms with Crippen LogP contribution in [0.3, 0.4) is 0 Å². The normalized spacial score (nSPS) is 31.3. The Kier molecular flexibility index (Phi) is 10.2. The molecule has 0 saturated heterocycles. The number of methoxy groups -OCH3 is 3. The van der Waals surface area contributed by atoms with Crippen LogP contribution in [0.5, 0.6) is 0 Å². The molecule has 0 radical (unpaired) electrons. The number of esters is 1. The number of rotatable bonds is 11. The number of hydrogen-bond acceptors (Lipinski definition) is 7. The molecule has 0 aromatic rings. The van der Waals surface area contributed by atoms with Crippen LogP contribution in [0.2, 0.25) is 18.1 Å². The molecule has 0 spiro atoms. The molecule has 0 N–H and O–H groups in total. The first kappa shape index (κ1) is 31.1. The lowest BCUT2D eigenvalue weighted by molar-refractivity contribution is -0.179. The number of ketones is 2. The summed E-state index contributed by atoms with van der Waals surface area (Å²) in [7, 11) is 2.33. The molecule has 0 aromatic heterocycles. The van der Waals surface area contributed by atoms with E-state index < -0.39 is 26.1 Å². The third-order valence-corrected chi connectivity index (χ3v) is 14.2. The zero-order valence-corrected chi connectivity index (χ0v) is 25.3. The third kappa shape index (κ3) is 6.30. The molecular formula is C28H50O7Si. The maximum Gasteiger partial charge on any atom is 0.311 e. The van der Waals surface area contributed by atoms with Gasteiger partial charge < -0.3 is 18.6 Å². The van der Waals surface area contributed by atoms with Gasteiger partial charge in [0, 0.05) is 39.4 Å². The van der Waals surface area contributed by atoms with Crippen molar-refractivity contribution in [2.24, 2.45) is 22.7 Å². The van der Waals surface area contributed by atoms with Gasteiger partial charge >= 0.3 is 5.97 Å². The van der Waals surface area contributed by atoms with Crippen molar-refractivity contribution in [2.45, 2.75) is 117 Å². The van der Waals surface area contributed by atoms with Crippen molar-refractivity contribution >= 4 is 25.9 Å². The van der Waals surface area contributed by atoms with Crippen LogP contribution in [0, 0.1) is 22.7 Å². The second-order valence-electron chi connectivity index (χ2n) is 12.9. The second kappa shape index (κ2) is 11.7. The third-order valence-electron chi connectivity index (χ3n) is 9.67. The molecule has 8 heteroatoms. The zero-order valence-electron chi connectivity index (χ0n) is 24.3. The van der Waals surface area contributed by atoms with Crippen LogP contribution in [0.15, 0.2) is 0 Å². The minimum Gasteiger partial charge on any atom is -0.469 e. The monoisotopic (exact) mass is 526 g/mol. The van der Waals surface area contributed by atoms with Gasteiger partial charge in [0.2, 0.25) is 0 Å². The maximum absolute atomic E-state index is 14.0. The van der Waals surface area contributed by atoms with Gasteiger partial charge in [0.1, 0.15) is 11.9 Å². The van der Waals surface area contributed by atoms with Crippen molar-refractivity contribution in [1.82, 2.24) is 0 Å². The quantitative estimate of drug-likeness (QED) is 0.194. The highest BCUT2D eigenvalue weighted by Gasteiger charge is 2.62. The molecule has 0 heterocycles. The van der Waals surface area contributed by atoms with Gasteiger partial charge in [-0.25, -0.2) is 0 Å². The van der Waals surface area contributed by atoms with Gasteiger partial charge in [0.25, 0.3) is 0 Å².